The molecule has 0 saturated carbocycles. The molecule has 0 aromatic carbocycles. The predicted molar refractivity (Wildman–Crippen MR) is 65.2 cm³/mol. The molecule has 1 rings (SSSR count). The first kappa shape index (κ1) is 13.6. The van der Waals surface area contributed by atoms with Gasteiger partial charge in [0, 0.05) is 13.1 Å². The number of aromatic nitrogens is 1. The normalized spacial score (nSPS) is 12.2. The van der Waals surface area contributed by atoms with E-state index in [2.05, 4.69) is 18.8 Å². The van der Waals surface area contributed by atoms with Gasteiger partial charge in [-0.15, -0.1) is 0 Å². The lowest BCUT2D eigenvalue weighted by molar-refractivity contribution is 0.0733. The minimum absolute atomic E-state index is 0.176. The molecule has 3 nitrogen and oxygen atoms in total. The summed E-state index contributed by atoms with van der Waals surface area (Å²) in [6.07, 6.45) is 1.01. The van der Waals surface area contributed by atoms with Crippen LogP contribution in [0.15, 0.2) is 18.2 Å². The highest BCUT2D eigenvalue weighted by Crippen LogP contribution is 2.08. The van der Waals surface area contributed by atoms with E-state index in [0.29, 0.717) is 19.0 Å². The molecule has 94 valence electrons. The highest BCUT2D eigenvalue weighted by atomic mass is 19.1. The van der Waals surface area contributed by atoms with Crippen LogP contribution in [0, 0.1) is 11.9 Å². The topological polar surface area (TPSA) is 33.2 Å². The Labute approximate surface area is 102 Å². The smallest absolute Gasteiger partial charge is 0.272 e. The van der Waals surface area contributed by atoms with Crippen LogP contribution in [0.5, 0.6) is 0 Å². The van der Waals surface area contributed by atoms with Gasteiger partial charge < -0.3 is 4.90 Å². The van der Waals surface area contributed by atoms with E-state index in [4.69, 9.17) is 0 Å². The molecule has 0 spiro atoms. The van der Waals surface area contributed by atoms with Crippen LogP contribution in [-0.2, 0) is 0 Å². The Morgan fingerprint density at radius 1 is 1.47 bits per heavy atom. The summed E-state index contributed by atoms with van der Waals surface area (Å²) in [5, 5.41) is 0. The van der Waals surface area contributed by atoms with Gasteiger partial charge in [0.1, 0.15) is 5.69 Å². The van der Waals surface area contributed by atoms with Crippen molar-refractivity contribution in [1.29, 1.82) is 0 Å². The van der Waals surface area contributed by atoms with Gasteiger partial charge in [0.2, 0.25) is 5.95 Å². The Kier molecular flexibility index (Phi) is 5.07. The van der Waals surface area contributed by atoms with Crippen molar-refractivity contribution in [3.63, 3.8) is 0 Å². The lowest BCUT2D eigenvalue weighted by atomic mass is 10.1. The fraction of sp³-hybridized carbons (Fsp3) is 0.538. The van der Waals surface area contributed by atoms with Gasteiger partial charge in [-0.05, 0) is 25.0 Å². The number of amides is 1. The van der Waals surface area contributed by atoms with Gasteiger partial charge in [-0.1, -0.05) is 26.3 Å². The maximum atomic E-state index is 12.9. The molecule has 1 amide bonds. The standard InChI is InChI=1S/C13H19FN2O/c1-4-10(3)9-16(5-2)13(17)11-7-6-8-12(14)15-11/h6-8,10H,4-5,9H2,1-3H3. The van der Waals surface area contributed by atoms with Crippen molar-refractivity contribution in [3.05, 3.63) is 29.8 Å². The Balaban J connectivity index is 2.79. The number of pyridine rings is 1. The highest BCUT2D eigenvalue weighted by molar-refractivity contribution is 5.92. The van der Waals surface area contributed by atoms with Gasteiger partial charge in [0.15, 0.2) is 0 Å². The van der Waals surface area contributed by atoms with Gasteiger partial charge >= 0.3 is 0 Å². The molecule has 17 heavy (non-hydrogen) atoms. The van der Waals surface area contributed by atoms with Crippen LogP contribution < -0.4 is 0 Å². The van der Waals surface area contributed by atoms with Crippen LogP contribution in [0.2, 0.25) is 0 Å². The molecule has 1 atom stereocenters. The fourth-order valence-electron chi connectivity index (χ4n) is 1.55. The summed E-state index contributed by atoms with van der Waals surface area (Å²) < 4.78 is 12.9. The molecular formula is C13H19FN2O. The summed E-state index contributed by atoms with van der Waals surface area (Å²) >= 11 is 0. The van der Waals surface area contributed by atoms with E-state index >= 15 is 0 Å². The Bertz CT molecular complexity index is 381. The van der Waals surface area contributed by atoms with E-state index in [9.17, 15) is 9.18 Å². The third-order valence-corrected chi connectivity index (χ3v) is 2.83. The van der Waals surface area contributed by atoms with Crippen LogP contribution in [0.4, 0.5) is 4.39 Å². The van der Waals surface area contributed by atoms with Crippen molar-refractivity contribution in [2.75, 3.05) is 13.1 Å². The number of carbonyl (C=O) groups excluding carboxylic acids is 1. The number of carbonyl (C=O) groups is 1. The number of nitrogens with zero attached hydrogens (tertiary/aromatic N) is 2. The third-order valence-electron chi connectivity index (χ3n) is 2.83. The quantitative estimate of drug-likeness (QED) is 0.739. The summed E-state index contributed by atoms with van der Waals surface area (Å²) in [5.74, 6) is -0.379. The average Bonchev–Trinajstić information content (AvgIpc) is 2.34. The summed E-state index contributed by atoms with van der Waals surface area (Å²) in [6, 6.07) is 4.29. The van der Waals surface area contributed by atoms with Crippen LogP contribution in [0.1, 0.15) is 37.7 Å². The molecule has 0 aliphatic heterocycles. The molecule has 1 unspecified atom stereocenters. The van der Waals surface area contributed by atoms with Gasteiger partial charge in [0.25, 0.3) is 5.91 Å². The molecule has 0 N–H and O–H groups in total. The maximum absolute atomic E-state index is 12.9. The van der Waals surface area contributed by atoms with Gasteiger partial charge in [-0.3, -0.25) is 4.79 Å². The highest BCUT2D eigenvalue weighted by Gasteiger charge is 2.17. The van der Waals surface area contributed by atoms with E-state index in [1.165, 1.54) is 12.1 Å². The molecule has 1 aromatic rings. The van der Waals surface area contributed by atoms with Crippen molar-refractivity contribution in [2.45, 2.75) is 27.2 Å². The van der Waals surface area contributed by atoms with Gasteiger partial charge in [-0.2, -0.15) is 4.39 Å². The minimum atomic E-state index is -0.615. The summed E-state index contributed by atoms with van der Waals surface area (Å²) in [6.45, 7) is 7.39. The number of hydrogen-bond acceptors (Lipinski definition) is 2. The van der Waals surface area contributed by atoms with E-state index in [-0.39, 0.29) is 11.6 Å². The summed E-state index contributed by atoms with van der Waals surface area (Å²) in [4.78, 5) is 17.4. The molecule has 4 heteroatoms. The second kappa shape index (κ2) is 6.33. The Hall–Kier alpha value is -1.45. The van der Waals surface area contributed by atoms with E-state index in [1.54, 1.807) is 11.0 Å². The van der Waals surface area contributed by atoms with Gasteiger partial charge in [0.05, 0.1) is 0 Å². The van der Waals surface area contributed by atoms with Crippen LogP contribution >= 0.6 is 0 Å². The lowest BCUT2D eigenvalue weighted by Crippen LogP contribution is -2.35. The molecule has 0 aliphatic rings. The first-order valence-corrected chi connectivity index (χ1v) is 6.00. The number of rotatable bonds is 5. The zero-order valence-electron chi connectivity index (χ0n) is 10.6. The molecule has 0 fully saturated rings. The number of halogens is 1. The molecule has 0 aliphatic carbocycles. The second-order valence-electron chi connectivity index (χ2n) is 4.20. The monoisotopic (exact) mass is 238 g/mol. The summed E-state index contributed by atoms with van der Waals surface area (Å²) in [5.41, 5.74) is 0.176. The molecular weight excluding hydrogens is 219 g/mol. The van der Waals surface area contributed by atoms with Crippen molar-refractivity contribution in [2.24, 2.45) is 5.92 Å². The lowest BCUT2D eigenvalue weighted by Gasteiger charge is -2.23. The largest absolute Gasteiger partial charge is 0.337 e. The van der Waals surface area contributed by atoms with Crippen molar-refractivity contribution in [3.8, 4) is 0 Å². The molecule has 1 aromatic heterocycles. The zero-order valence-corrected chi connectivity index (χ0v) is 10.6. The molecule has 0 radical (unpaired) electrons. The Morgan fingerprint density at radius 2 is 2.18 bits per heavy atom. The number of hydrogen-bond donors (Lipinski definition) is 0. The Morgan fingerprint density at radius 3 is 2.71 bits per heavy atom. The predicted octanol–water partition coefficient (Wildman–Crippen LogP) is 2.73. The van der Waals surface area contributed by atoms with Crippen molar-refractivity contribution < 1.29 is 9.18 Å². The first-order chi connectivity index (χ1) is 8.08. The summed E-state index contributed by atoms with van der Waals surface area (Å²) in [7, 11) is 0. The minimum Gasteiger partial charge on any atom is -0.337 e. The van der Waals surface area contributed by atoms with Gasteiger partial charge in [-0.25, -0.2) is 4.98 Å². The van der Waals surface area contributed by atoms with Crippen LogP contribution in [0.25, 0.3) is 0 Å². The molecule has 0 saturated heterocycles. The molecule has 1 heterocycles. The van der Waals surface area contributed by atoms with Crippen LogP contribution in [-0.4, -0.2) is 28.9 Å². The maximum Gasteiger partial charge on any atom is 0.272 e. The fourth-order valence-corrected chi connectivity index (χ4v) is 1.55. The van der Waals surface area contributed by atoms with Crippen molar-refractivity contribution in [1.82, 2.24) is 9.88 Å². The van der Waals surface area contributed by atoms with Crippen LogP contribution in [0.3, 0.4) is 0 Å². The van der Waals surface area contributed by atoms with E-state index in [0.717, 1.165) is 6.42 Å². The van der Waals surface area contributed by atoms with E-state index < -0.39 is 5.95 Å². The molecule has 0 bridgehead atoms. The SMILES string of the molecule is CCC(C)CN(CC)C(=O)c1cccc(F)n1. The third kappa shape index (κ3) is 3.80. The van der Waals surface area contributed by atoms with E-state index in [1.807, 2.05) is 6.92 Å². The second-order valence-corrected chi connectivity index (χ2v) is 4.20. The zero-order chi connectivity index (χ0) is 12.8. The first-order valence-electron chi connectivity index (χ1n) is 6.00. The van der Waals surface area contributed by atoms with Crippen molar-refractivity contribution >= 4 is 5.91 Å². The average molecular weight is 238 g/mol.